The Kier molecular flexibility index (Phi) is 5.99. The highest BCUT2D eigenvalue weighted by Crippen LogP contribution is 2.65. The first-order chi connectivity index (χ1) is 17.7. The zero-order valence-electron chi connectivity index (χ0n) is 22.9. The first-order valence-corrected chi connectivity index (χ1v) is 13.8. The Bertz CT molecular complexity index is 1330. The van der Waals surface area contributed by atoms with Crippen molar-refractivity contribution < 1.29 is 34.8 Å². The van der Waals surface area contributed by atoms with Crippen LogP contribution >= 0.6 is 0 Å². The van der Waals surface area contributed by atoms with E-state index in [0.29, 0.717) is 12.0 Å². The predicted octanol–water partition coefficient (Wildman–Crippen LogP) is 5.24. The molecule has 7 heteroatoms. The summed E-state index contributed by atoms with van der Waals surface area (Å²) < 4.78 is 0. The number of phenols is 1. The van der Waals surface area contributed by atoms with Crippen LogP contribution in [0.25, 0.3) is 5.76 Å². The fourth-order valence-electron chi connectivity index (χ4n) is 8.47. The van der Waals surface area contributed by atoms with Gasteiger partial charge in [-0.05, 0) is 55.6 Å². The summed E-state index contributed by atoms with van der Waals surface area (Å²) in [6.45, 7) is 8.16. The molecule has 1 unspecified atom stereocenters. The molecule has 0 saturated heterocycles. The number of aliphatic hydroxyl groups is 3. The van der Waals surface area contributed by atoms with E-state index < -0.39 is 56.8 Å². The van der Waals surface area contributed by atoms with Crippen molar-refractivity contribution in [2.45, 2.75) is 91.1 Å². The molecule has 1 aromatic rings. The number of aliphatic hydroxyl groups excluding tert-OH is 2. The lowest BCUT2D eigenvalue weighted by Gasteiger charge is -2.59. The first-order valence-electron chi connectivity index (χ1n) is 13.8. The van der Waals surface area contributed by atoms with E-state index in [1.807, 2.05) is 19.1 Å². The Balaban J connectivity index is 1.75. The van der Waals surface area contributed by atoms with Gasteiger partial charge in [-0.2, -0.15) is 0 Å². The van der Waals surface area contributed by atoms with Gasteiger partial charge in [-0.15, -0.1) is 0 Å². The van der Waals surface area contributed by atoms with Crippen LogP contribution in [0.4, 0.5) is 0 Å². The molecule has 0 aromatic heterocycles. The first kappa shape index (κ1) is 26.7. The second-order valence-electron chi connectivity index (χ2n) is 12.8. The minimum Gasteiger partial charge on any atom is -0.508 e. The van der Waals surface area contributed by atoms with Crippen LogP contribution in [0, 0.1) is 22.7 Å². The topological polar surface area (TPSA) is 132 Å². The van der Waals surface area contributed by atoms with Crippen LogP contribution < -0.4 is 0 Å². The van der Waals surface area contributed by atoms with Gasteiger partial charge in [-0.3, -0.25) is 14.4 Å². The van der Waals surface area contributed by atoms with Crippen molar-refractivity contribution in [2.75, 3.05) is 0 Å². The van der Waals surface area contributed by atoms with E-state index in [1.54, 1.807) is 20.8 Å². The Morgan fingerprint density at radius 3 is 2.24 bits per heavy atom. The van der Waals surface area contributed by atoms with Crippen molar-refractivity contribution in [3.05, 3.63) is 45.7 Å². The molecule has 2 fully saturated rings. The molecule has 0 amide bonds. The average molecular weight is 523 g/mol. The maximum Gasteiger partial charge on any atom is 0.203 e. The minimum absolute atomic E-state index is 0.0438. The number of carbonyl (C=O) groups excluding carboxylic acids is 3. The monoisotopic (exact) mass is 522 g/mol. The lowest BCUT2D eigenvalue weighted by molar-refractivity contribution is -0.178. The van der Waals surface area contributed by atoms with Gasteiger partial charge in [0.25, 0.3) is 0 Å². The van der Waals surface area contributed by atoms with Gasteiger partial charge in [-0.25, -0.2) is 0 Å². The standard InChI is InChI=1S/C31H38O7/c1-15(2)22-25(34)20(16(3)32)27(36)31(38)28(37)23-26(35)21-18(13-29(23,4)14-30(22,31)5)11-12-19(24(21)33)17-9-7-6-8-10-17/h11-12,15,17,22,33,35-36,38H,6-10,13-14H2,1-5H3/t22?,29-,30-,31+/m1/s1. The van der Waals surface area contributed by atoms with Gasteiger partial charge in [0.2, 0.25) is 5.78 Å². The molecule has 4 atom stereocenters. The van der Waals surface area contributed by atoms with E-state index in [9.17, 15) is 34.8 Å². The molecule has 0 heterocycles. The summed E-state index contributed by atoms with van der Waals surface area (Å²) in [5.41, 5.74) is -3.98. The normalized spacial score (nSPS) is 33.8. The molecule has 4 N–H and O–H groups in total. The second kappa shape index (κ2) is 8.54. The molecule has 0 radical (unpaired) electrons. The summed E-state index contributed by atoms with van der Waals surface area (Å²) in [7, 11) is 0. The Morgan fingerprint density at radius 2 is 1.66 bits per heavy atom. The SMILES string of the molecule is CC(=O)C1=C(O)[C@]2(O)C(=O)C3=C(O)c4c(ccc(C5CCCCC5)c4O)C[C@]3(C)C[C@]2(C)C(C(C)C)C1=O. The van der Waals surface area contributed by atoms with Gasteiger partial charge in [-0.1, -0.05) is 59.1 Å². The summed E-state index contributed by atoms with van der Waals surface area (Å²) in [6.07, 6.45) is 5.58. The second-order valence-corrected chi connectivity index (χ2v) is 12.8. The lowest BCUT2D eigenvalue weighted by atomic mass is 9.43. The molecular formula is C31H38O7. The quantitative estimate of drug-likeness (QED) is 0.399. The highest BCUT2D eigenvalue weighted by Gasteiger charge is 2.72. The van der Waals surface area contributed by atoms with Crippen molar-refractivity contribution in [1.82, 2.24) is 0 Å². The Labute approximate surface area is 223 Å². The molecule has 7 nitrogen and oxygen atoms in total. The van der Waals surface area contributed by atoms with Gasteiger partial charge in [0.15, 0.2) is 17.2 Å². The number of aromatic hydroxyl groups is 1. The highest BCUT2D eigenvalue weighted by molar-refractivity contribution is 6.24. The highest BCUT2D eigenvalue weighted by atomic mass is 16.3. The largest absolute Gasteiger partial charge is 0.508 e. The predicted molar refractivity (Wildman–Crippen MR) is 142 cm³/mol. The van der Waals surface area contributed by atoms with E-state index in [0.717, 1.165) is 44.6 Å². The number of fused-ring (bicyclic) bond motifs is 3. The average Bonchev–Trinajstić information content (AvgIpc) is 2.81. The lowest BCUT2D eigenvalue weighted by Crippen LogP contribution is -2.69. The van der Waals surface area contributed by atoms with Crippen LogP contribution in [0.1, 0.15) is 95.8 Å². The van der Waals surface area contributed by atoms with E-state index in [-0.39, 0.29) is 35.1 Å². The fourth-order valence-corrected chi connectivity index (χ4v) is 8.47. The molecule has 0 spiro atoms. The number of allylic oxidation sites excluding steroid dienone is 1. The molecule has 0 aliphatic heterocycles. The van der Waals surface area contributed by atoms with Gasteiger partial charge >= 0.3 is 0 Å². The molecule has 204 valence electrons. The zero-order chi connectivity index (χ0) is 27.9. The summed E-state index contributed by atoms with van der Waals surface area (Å²) in [5.74, 6) is -4.69. The third kappa shape index (κ3) is 3.26. The van der Waals surface area contributed by atoms with Crippen LogP contribution in [0.2, 0.25) is 0 Å². The maximum absolute atomic E-state index is 14.3. The third-order valence-electron chi connectivity index (χ3n) is 9.95. The zero-order valence-corrected chi connectivity index (χ0v) is 22.9. The molecule has 4 aliphatic carbocycles. The number of ketones is 3. The van der Waals surface area contributed by atoms with Crippen LogP contribution in [0.3, 0.4) is 0 Å². The van der Waals surface area contributed by atoms with Crippen molar-refractivity contribution in [3.8, 4) is 5.75 Å². The number of rotatable bonds is 3. The number of hydrogen-bond donors (Lipinski definition) is 4. The number of hydrogen-bond acceptors (Lipinski definition) is 7. The molecule has 38 heavy (non-hydrogen) atoms. The van der Waals surface area contributed by atoms with Crippen molar-refractivity contribution >= 4 is 23.1 Å². The van der Waals surface area contributed by atoms with Gasteiger partial charge in [0.1, 0.15) is 22.8 Å². The number of phenolic OH excluding ortho intramolecular Hbond substituents is 1. The van der Waals surface area contributed by atoms with Crippen molar-refractivity contribution in [1.29, 1.82) is 0 Å². The minimum atomic E-state index is -2.58. The number of Topliss-reactive ketones (excluding diaryl/α,β-unsaturated/α-hetero) is 3. The third-order valence-corrected chi connectivity index (χ3v) is 9.95. The van der Waals surface area contributed by atoms with Crippen LogP contribution in [-0.2, 0) is 20.8 Å². The van der Waals surface area contributed by atoms with Crippen molar-refractivity contribution in [2.24, 2.45) is 22.7 Å². The van der Waals surface area contributed by atoms with Gasteiger partial charge in [0.05, 0.1) is 5.56 Å². The van der Waals surface area contributed by atoms with E-state index in [1.165, 1.54) is 0 Å². The van der Waals surface area contributed by atoms with E-state index in [2.05, 4.69) is 0 Å². The Morgan fingerprint density at radius 1 is 1.03 bits per heavy atom. The fraction of sp³-hybridized carbons (Fsp3) is 0.581. The van der Waals surface area contributed by atoms with E-state index in [4.69, 9.17) is 0 Å². The molecular weight excluding hydrogens is 484 g/mol. The molecule has 0 bridgehead atoms. The van der Waals surface area contributed by atoms with Crippen LogP contribution in [0.15, 0.2) is 29.0 Å². The maximum atomic E-state index is 14.3. The number of benzene rings is 1. The molecule has 2 saturated carbocycles. The summed E-state index contributed by atoms with van der Waals surface area (Å²) in [5, 5.41) is 46.4. The molecule has 1 aromatic carbocycles. The summed E-state index contributed by atoms with van der Waals surface area (Å²) >= 11 is 0. The number of carbonyl (C=O) groups is 3. The Hall–Kier alpha value is -2.93. The van der Waals surface area contributed by atoms with E-state index >= 15 is 0 Å². The molecule has 5 rings (SSSR count). The van der Waals surface area contributed by atoms with Crippen molar-refractivity contribution in [3.63, 3.8) is 0 Å². The van der Waals surface area contributed by atoms with Gasteiger partial charge < -0.3 is 20.4 Å². The smallest absolute Gasteiger partial charge is 0.203 e. The van der Waals surface area contributed by atoms with Crippen LogP contribution in [0.5, 0.6) is 5.75 Å². The summed E-state index contributed by atoms with van der Waals surface area (Å²) in [6, 6.07) is 3.82. The molecule has 4 aliphatic rings. The summed E-state index contributed by atoms with van der Waals surface area (Å²) in [4.78, 5) is 40.3. The van der Waals surface area contributed by atoms with Crippen LogP contribution in [-0.4, -0.2) is 43.4 Å². The van der Waals surface area contributed by atoms with Gasteiger partial charge in [0, 0.05) is 22.3 Å².